The van der Waals surface area contributed by atoms with Gasteiger partial charge in [-0.1, -0.05) is 13.8 Å². The zero-order valence-electron chi connectivity index (χ0n) is 18.9. The number of urea groups is 1. The fraction of sp³-hybridized carbons (Fsp3) is 0.947. The number of carbonyl (C=O) groups excluding carboxylic acids is 1. The maximum atomic E-state index is 12.0. The van der Waals surface area contributed by atoms with Gasteiger partial charge in [-0.3, -0.25) is 0 Å². The van der Waals surface area contributed by atoms with E-state index in [-0.39, 0.29) is 17.9 Å². The van der Waals surface area contributed by atoms with E-state index in [1.54, 1.807) is 0 Å². The van der Waals surface area contributed by atoms with Crippen molar-refractivity contribution in [1.29, 1.82) is 0 Å². The first-order chi connectivity index (χ1) is 13.5. The molecule has 0 fully saturated rings. The van der Waals surface area contributed by atoms with Crippen molar-refractivity contribution in [2.45, 2.75) is 77.3 Å². The quantitative estimate of drug-likeness (QED) is 0.253. The van der Waals surface area contributed by atoms with Gasteiger partial charge < -0.3 is 29.6 Å². The largest absolute Gasteiger partial charge is 0.357 e. The number of carbonyl (C=O) groups is 1. The van der Waals surface area contributed by atoms with Crippen molar-refractivity contribution in [1.82, 2.24) is 10.6 Å². The van der Waals surface area contributed by atoms with Gasteiger partial charge in [0.1, 0.15) is 11.8 Å². The van der Waals surface area contributed by atoms with Crippen LogP contribution >= 0.6 is 0 Å². The lowest BCUT2D eigenvalue weighted by Gasteiger charge is -2.21. The first kappa shape index (κ1) is 27.5. The fourth-order valence-electron chi connectivity index (χ4n) is 2.93. The molecule has 0 radical (unpaired) electrons. The van der Waals surface area contributed by atoms with Crippen LogP contribution in [0.4, 0.5) is 4.79 Å². The SMILES string of the molecule is CCOC(OCC)[SiH2]C(C)CCNC(=O)NCCC(C)[SiH2]C(OCC)OCC. The molecule has 0 aliphatic rings. The van der Waals surface area contributed by atoms with Crippen molar-refractivity contribution < 1.29 is 23.7 Å². The molecule has 0 spiro atoms. The van der Waals surface area contributed by atoms with Crippen molar-refractivity contribution in [3.63, 3.8) is 0 Å². The summed E-state index contributed by atoms with van der Waals surface area (Å²) in [5.41, 5.74) is 1.12. The molecule has 2 N–H and O–H groups in total. The smallest absolute Gasteiger partial charge is 0.314 e. The maximum Gasteiger partial charge on any atom is 0.314 e. The van der Waals surface area contributed by atoms with Crippen LogP contribution in [0.2, 0.25) is 11.1 Å². The Balaban J connectivity index is 3.88. The lowest BCUT2D eigenvalue weighted by Crippen LogP contribution is -2.38. The Bertz CT molecular complexity index is 336. The Labute approximate surface area is 176 Å². The predicted molar refractivity (Wildman–Crippen MR) is 121 cm³/mol. The second-order valence-electron chi connectivity index (χ2n) is 7.12. The van der Waals surface area contributed by atoms with E-state index in [4.69, 9.17) is 18.9 Å². The van der Waals surface area contributed by atoms with Gasteiger partial charge in [-0.25, -0.2) is 4.79 Å². The van der Waals surface area contributed by atoms with Crippen molar-refractivity contribution >= 4 is 25.1 Å². The van der Waals surface area contributed by atoms with E-state index in [0.29, 0.717) is 50.6 Å². The second-order valence-corrected chi connectivity index (χ2v) is 12.2. The summed E-state index contributed by atoms with van der Waals surface area (Å²) in [6.45, 7) is 16.5. The van der Waals surface area contributed by atoms with Gasteiger partial charge in [0.05, 0.1) is 19.0 Å². The van der Waals surface area contributed by atoms with Crippen LogP contribution in [0.25, 0.3) is 0 Å². The van der Waals surface area contributed by atoms with Gasteiger partial charge in [-0.15, -0.1) is 0 Å². The Morgan fingerprint density at radius 2 is 1.04 bits per heavy atom. The first-order valence-electron chi connectivity index (χ1n) is 10.9. The highest BCUT2D eigenvalue weighted by Crippen LogP contribution is 2.12. The van der Waals surface area contributed by atoms with Gasteiger partial charge in [0.2, 0.25) is 0 Å². The molecule has 168 valence electrons. The average Bonchev–Trinajstić information content (AvgIpc) is 2.62. The van der Waals surface area contributed by atoms with Crippen LogP contribution in [0.3, 0.4) is 0 Å². The molecule has 0 saturated carbocycles. The van der Waals surface area contributed by atoms with Gasteiger partial charge in [-0.2, -0.15) is 0 Å². The summed E-state index contributed by atoms with van der Waals surface area (Å²) in [7, 11) is -0.999. The number of rotatable bonds is 18. The minimum absolute atomic E-state index is 0.0123. The van der Waals surface area contributed by atoms with Crippen molar-refractivity contribution in [3.8, 4) is 0 Å². The molecule has 2 amide bonds. The first-order valence-corrected chi connectivity index (χ1v) is 14.2. The Hall–Kier alpha value is -0.456. The third-order valence-corrected chi connectivity index (χ3v) is 8.58. The molecule has 9 heteroatoms. The minimum Gasteiger partial charge on any atom is -0.357 e. The molecule has 7 nitrogen and oxygen atoms in total. The van der Waals surface area contributed by atoms with Crippen molar-refractivity contribution in [2.75, 3.05) is 39.5 Å². The third kappa shape index (κ3) is 15.5. The summed E-state index contributed by atoms with van der Waals surface area (Å²) in [5.74, 6) is -0.0247. The maximum absolute atomic E-state index is 12.0. The third-order valence-electron chi connectivity index (χ3n) is 4.45. The molecule has 0 aromatic rings. The Morgan fingerprint density at radius 1 is 0.714 bits per heavy atom. The summed E-state index contributed by atoms with van der Waals surface area (Å²) in [6, 6.07) is -0.0833. The summed E-state index contributed by atoms with van der Waals surface area (Å²) in [5, 5.41) is 5.92. The van der Waals surface area contributed by atoms with Crippen LogP contribution in [0.1, 0.15) is 54.4 Å². The number of hydrogen-bond acceptors (Lipinski definition) is 5. The number of nitrogens with one attached hydrogen (secondary N) is 2. The molecule has 0 bridgehead atoms. The highest BCUT2D eigenvalue weighted by Gasteiger charge is 2.16. The van der Waals surface area contributed by atoms with E-state index >= 15 is 0 Å². The van der Waals surface area contributed by atoms with Gasteiger partial charge >= 0.3 is 6.03 Å². The number of hydrogen-bond donors (Lipinski definition) is 2. The minimum atomic E-state index is -0.499. The topological polar surface area (TPSA) is 78.1 Å². The van der Waals surface area contributed by atoms with Crippen molar-refractivity contribution in [2.24, 2.45) is 0 Å². The van der Waals surface area contributed by atoms with Crippen LogP contribution in [0.15, 0.2) is 0 Å². The zero-order chi connectivity index (χ0) is 21.2. The highest BCUT2D eigenvalue weighted by molar-refractivity contribution is 6.38. The van der Waals surface area contributed by atoms with Gasteiger partial charge in [0.25, 0.3) is 0 Å². The van der Waals surface area contributed by atoms with Crippen LogP contribution in [0.5, 0.6) is 0 Å². The molecule has 0 aromatic heterocycles. The normalized spacial score (nSPS) is 14.6. The number of ether oxygens (including phenoxy) is 4. The molecule has 2 unspecified atom stereocenters. The summed E-state index contributed by atoms with van der Waals surface area (Å²) >= 11 is 0. The average molecular weight is 437 g/mol. The van der Waals surface area contributed by atoms with Gasteiger partial charge in [0, 0.05) is 39.5 Å². The van der Waals surface area contributed by atoms with Gasteiger partial charge in [-0.05, 0) is 51.6 Å². The zero-order valence-corrected chi connectivity index (χ0v) is 21.8. The Kier molecular flexibility index (Phi) is 18.3. The van der Waals surface area contributed by atoms with E-state index < -0.39 is 19.0 Å². The molecule has 2 atom stereocenters. The highest BCUT2D eigenvalue weighted by atomic mass is 28.2. The monoisotopic (exact) mass is 436 g/mol. The van der Waals surface area contributed by atoms with Crippen LogP contribution in [-0.2, 0) is 18.9 Å². The summed E-state index contributed by atoms with van der Waals surface area (Å²) in [6.07, 6.45) is 1.92. The fourth-order valence-corrected chi connectivity index (χ4v) is 6.61. The van der Waals surface area contributed by atoms with Crippen LogP contribution in [0, 0.1) is 0 Å². The molecule has 0 rings (SSSR count). The molecule has 0 heterocycles. The van der Waals surface area contributed by atoms with E-state index in [1.165, 1.54) is 0 Å². The predicted octanol–water partition coefficient (Wildman–Crippen LogP) is 1.73. The van der Waals surface area contributed by atoms with Gasteiger partial charge in [0.15, 0.2) is 0 Å². The molecule has 0 aliphatic heterocycles. The molecular weight excluding hydrogens is 392 g/mol. The molecule has 0 aromatic carbocycles. The van der Waals surface area contributed by atoms with E-state index in [0.717, 1.165) is 12.8 Å². The van der Waals surface area contributed by atoms with Crippen LogP contribution in [-0.4, -0.2) is 76.4 Å². The van der Waals surface area contributed by atoms with E-state index in [1.807, 2.05) is 27.7 Å². The molecule has 0 saturated heterocycles. The lowest BCUT2D eigenvalue weighted by atomic mass is 10.3. The van der Waals surface area contributed by atoms with Crippen LogP contribution < -0.4 is 10.6 Å². The summed E-state index contributed by atoms with van der Waals surface area (Å²) in [4.78, 5) is 12.0. The van der Waals surface area contributed by atoms with Crippen molar-refractivity contribution in [3.05, 3.63) is 0 Å². The summed E-state index contributed by atoms with van der Waals surface area (Å²) < 4.78 is 22.6. The molecular formula is C19H44N2O5Si2. The Morgan fingerprint density at radius 3 is 1.32 bits per heavy atom. The second kappa shape index (κ2) is 18.6. The molecule has 0 aliphatic carbocycles. The standard InChI is InChI=1S/C19H44N2O5Si2/c1-7-23-18(24-8-2)27-15(5)11-13-20-17(22)21-14-12-16(6)28-19(25-9-3)26-10-4/h15-16,18-19H,7-14,27-28H2,1-6H3,(H2,20,21,22). The number of amides is 2. The molecule has 28 heavy (non-hydrogen) atoms. The lowest BCUT2D eigenvalue weighted by molar-refractivity contribution is -0.0835. The van der Waals surface area contributed by atoms with E-state index in [9.17, 15) is 4.79 Å². The van der Waals surface area contributed by atoms with E-state index in [2.05, 4.69) is 24.5 Å².